The van der Waals surface area contributed by atoms with Gasteiger partial charge in [-0.25, -0.2) is 4.79 Å². The molecule has 0 bridgehead atoms. The number of benzene rings is 1. The lowest BCUT2D eigenvalue weighted by Gasteiger charge is -2.05. The molecule has 0 aliphatic heterocycles. The lowest BCUT2D eigenvalue weighted by atomic mass is 10.2. The summed E-state index contributed by atoms with van der Waals surface area (Å²) in [7, 11) is 0. The number of ether oxygens (including phenoxy) is 1. The van der Waals surface area contributed by atoms with Gasteiger partial charge in [0.15, 0.2) is 0 Å². The summed E-state index contributed by atoms with van der Waals surface area (Å²) in [6.07, 6.45) is 1.52. The van der Waals surface area contributed by atoms with Crippen LogP contribution in [-0.4, -0.2) is 12.6 Å². The summed E-state index contributed by atoms with van der Waals surface area (Å²) in [6.45, 7) is 3.67. The number of hydrogen-bond acceptors (Lipinski definition) is 3. The van der Waals surface area contributed by atoms with Crippen LogP contribution in [0.2, 0.25) is 0 Å². The largest absolute Gasteiger partial charge is 0.458 e. The summed E-state index contributed by atoms with van der Waals surface area (Å²) in [4.78, 5) is 11.4. The Morgan fingerprint density at radius 3 is 3.00 bits per heavy atom. The van der Waals surface area contributed by atoms with Gasteiger partial charge in [0.05, 0.1) is 9.13 Å². The molecule has 0 amide bonds. The Labute approximate surface area is 96.1 Å². The van der Waals surface area contributed by atoms with Crippen molar-refractivity contribution in [2.24, 2.45) is 0 Å². The minimum atomic E-state index is -0.374. The van der Waals surface area contributed by atoms with Gasteiger partial charge in [0, 0.05) is 5.69 Å². The molecule has 0 saturated carbocycles. The van der Waals surface area contributed by atoms with E-state index in [9.17, 15) is 4.79 Å². The van der Waals surface area contributed by atoms with Gasteiger partial charge in [0.2, 0.25) is 0 Å². The molecule has 2 N–H and O–H groups in total. The summed E-state index contributed by atoms with van der Waals surface area (Å²) in [6, 6.07) is 5.15. The van der Waals surface area contributed by atoms with Gasteiger partial charge in [-0.15, -0.1) is 0 Å². The second-order valence-electron chi connectivity index (χ2n) is 2.60. The molecule has 0 heterocycles. The molecule has 4 heteroatoms. The summed E-state index contributed by atoms with van der Waals surface area (Å²) in [5.74, 6) is -0.374. The van der Waals surface area contributed by atoms with Gasteiger partial charge >= 0.3 is 5.97 Å². The normalized spacial score (nSPS) is 9.50. The number of rotatable bonds is 3. The zero-order valence-corrected chi connectivity index (χ0v) is 9.65. The zero-order valence-electron chi connectivity index (χ0n) is 7.50. The Balaban J connectivity index is 2.89. The van der Waals surface area contributed by atoms with Crippen molar-refractivity contribution in [2.75, 3.05) is 12.3 Å². The lowest BCUT2D eigenvalue weighted by Crippen LogP contribution is -2.08. The van der Waals surface area contributed by atoms with Crippen molar-refractivity contribution in [3.63, 3.8) is 0 Å². The minimum Gasteiger partial charge on any atom is -0.458 e. The Hall–Kier alpha value is -1.04. The van der Waals surface area contributed by atoms with E-state index in [1.54, 1.807) is 18.2 Å². The Bertz CT molecular complexity index is 363. The minimum absolute atomic E-state index is 0.212. The summed E-state index contributed by atoms with van der Waals surface area (Å²) < 4.78 is 5.62. The first-order valence-electron chi connectivity index (χ1n) is 3.99. The predicted molar refractivity (Wildman–Crippen MR) is 64.1 cm³/mol. The average Bonchev–Trinajstić information content (AvgIpc) is 2.18. The molecule has 0 aliphatic rings. The van der Waals surface area contributed by atoms with E-state index in [0.29, 0.717) is 11.3 Å². The van der Waals surface area contributed by atoms with Gasteiger partial charge < -0.3 is 10.5 Å². The Morgan fingerprint density at radius 2 is 2.36 bits per heavy atom. The number of esters is 1. The van der Waals surface area contributed by atoms with Crippen LogP contribution in [0.15, 0.2) is 30.9 Å². The molecule has 0 aromatic heterocycles. The zero-order chi connectivity index (χ0) is 10.6. The van der Waals surface area contributed by atoms with Crippen molar-refractivity contribution in [3.05, 3.63) is 40.0 Å². The fraction of sp³-hybridized carbons (Fsp3) is 0.100. The monoisotopic (exact) mass is 303 g/mol. The molecule has 1 rings (SSSR count). The first-order chi connectivity index (χ1) is 6.66. The fourth-order valence-electron chi connectivity index (χ4n) is 0.920. The number of nitrogen functional groups attached to an aromatic ring is 1. The van der Waals surface area contributed by atoms with E-state index in [1.807, 2.05) is 22.6 Å². The summed E-state index contributed by atoms with van der Waals surface area (Å²) >= 11 is 2.02. The van der Waals surface area contributed by atoms with E-state index in [4.69, 9.17) is 10.5 Å². The van der Waals surface area contributed by atoms with Gasteiger partial charge in [0.25, 0.3) is 0 Å². The van der Waals surface area contributed by atoms with Crippen LogP contribution in [0.1, 0.15) is 10.4 Å². The van der Waals surface area contributed by atoms with Gasteiger partial charge in [-0.3, -0.25) is 0 Å². The molecular weight excluding hydrogens is 293 g/mol. The number of anilines is 1. The molecule has 0 atom stereocenters. The number of halogens is 1. The highest BCUT2D eigenvalue weighted by atomic mass is 127. The van der Waals surface area contributed by atoms with Crippen LogP contribution in [0.4, 0.5) is 5.69 Å². The van der Waals surface area contributed by atoms with Crippen LogP contribution >= 0.6 is 22.6 Å². The topological polar surface area (TPSA) is 52.3 Å². The molecule has 0 aliphatic carbocycles. The van der Waals surface area contributed by atoms with E-state index in [2.05, 4.69) is 6.58 Å². The van der Waals surface area contributed by atoms with Gasteiger partial charge in [-0.1, -0.05) is 18.7 Å². The Morgan fingerprint density at radius 1 is 1.64 bits per heavy atom. The predicted octanol–water partition coefficient (Wildman–Crippen LogP) is 2.22. The second-order valence-corrected chi connectivity index (χ2v) is 3.67. The SMILES string of the molecule is C=CCOC(=O)c1cccc(N)c1I. The lowest BCUT2D eigenvalue weighted by molar-refractivity contribution is 0.0548. The second kappa shape index (κ2) is 4.99. The summed E-state index contributed by atoms with van der Waals surface area (Å²) in [5, 5.41) is 0. The van der Waals surface area contributed by atoms with Crippen LogP contribution in [-0.2, 0) is 4.74 Å². The van der Waals surface area contributed by atoms with Crippen molar-refractivity contribution in [1.29, 1.82) is 0 Å². The average molecular weight is 303 g/mol. The highest BCUT2D eigenvalue weighted by Crippen LogP contribution is 2.19. The molecule has 14 heavy (non-hydrogen) atoms. The molecule has 0 fully saturated rings. The third kappa shape index (κ3) is 2.47. The maximum Gasteiger partial charge on any atom is 0.339 e. The first-order valence-corrected chi connectivity index (χ1v) is 5.06. The maximum absolute atomic E-state index is 11.4. The standard InChI is InChI=1S/C10H10INO2/c1-2-6-14-10(13)7-4-3-5-8(12)9(7)11/h2-5H,1,6,12H2. The van der Waals surface area contributed by atoms with E-state index >= 15 is 0 Å². The van der Waals surface area contributed by atoms with Gasteiger partial charge in [0.1, 0.15) is 6.61 Å². The van der Waals surface area contributed by atoms with Crippen molar-refractivity contribution in [1.82, 2.24) is 0 Å². The van der Waals surface area contributed by atoms with E-state index < -0.39 is 0 Å². The van der Waals surface area contributed by atoms with Gasteiger partial charge in [-0.2, -0.15) is 0 Å². The quantitative estimate of drug-likeness (QED) is 0.403. The van der Waals surface area contributed by atoms with Crippen molar-refractivity contribution in [3.8, 4) is 0 Å². The smallest absolute Gasteiger partial charge is 0.339 e. The Kier molecular flexibility index (Phi) is 3.94. The van der Waals surface area contributed by atoms with Crippen LogP contribution in [0.3, 0.4) is 0 Å². The fourth-order valence-corrected chi connectivity index (χ4v) is 1.50. The molecule has 0 radical (unpaired) electrons. The van der Waals surface area contributed by atoms with Crippen molar-refractivity contribution >= 4 is 34.2 Å². The highest BCUT2D eigenvalue weighted by molar-refractivity contribution is 14.1. The maximum atomic E-state index is 11.4. The molecule has 3 nitrogen and oxygen atoms in total. The van der Waals surface area contributed by atoms with Crippen molar-refractivity contribution in [2.45, 2.75) is 0 Å². The van der Waals surface area contributed by atoms with E-state index in [1.165, 1.54) is 6.08 Å². The first kappa shape index (κ1) is 11.0. The van der Waals surface area contributed by atoms with Crippen molar-refractivity contribution < 1.29 is 9.53 Å². The molecule has 0 unspecified atom stereocenters. The number of carbonyl (C=O) groups excluding carboxylic acids is 1. The molecule has 1 aromatic rings. The highest BCUT2D eigenvalue weighted by Gasteiger charge is 2.11. The van der Waals surface area contributed by atoms with Crippen LogP contribution in [0, 0.1) is 3.57 Å². The van der Waals surface area contributed by atoms with E-state index in [-0.39, 0.29) is 12.6 Å². The third-order valence-corrected chi connectivity index (χ3v) is 2.78. The molecule has 0 spiro atoms. The molecule has 0 saturated heterocycles. The van der Waals surface area contributed by atoms with Gasteiger partial charge in [-0.05, 0) is 34.7 Å². The molecule has 74 valence electrons. The van der Waals surface area contributed by atoms with E-state index in [0.717, 1.165) is 3.57 Å². The number of carbonyl (C=O) groups is 1. The molecule has 1 aromatic carbocycles. The van der Waals surface area contributed by atoms with Crippen LogP contribution in [0.5, 0.6) is 0 Å². The number of hydrogen-bond donors (Lipinski definition) is 1. The number of nitrogens with two attached hydrogens (primary N) is 1. The van der Waals surface area contributed by atoms with Crippen LogP contribution in [0.25, 0.3) is 0 Å². The summed E-state index contributed by atoms with van der Waals surface area (Å²) in [5.41, 5.74) is 6.73. The molecular formula is C10H10INO2. The third-order valence-electron chi connectivity index (χ3n) is 1.58. The van der Waals surface area contributed by atoms with Crippen LogP contribution < -0.4 is 5.73 Å².